The van der Waals surface area contributed by atoms with Crippen molar-refractivity contribution in [2.24, 2.45) is 4.99 Å². The summed E-state index contributed by atoms with van der Waals surface area (Å²) in [6.45, 7) is 1.02. The summed E-state index contributed by atoms with van der Waals surface area (Å²) in [6, 6.07) is 13.2. The zero-order valence-electron chi connectivity index (χ0n) is 16.4. The topological polar surface area (TPSA) is 96.2 Å². The standard InChI is InChI=1S/C20H23N7O2/c1-21-20(22-12-18-25-24-17-8-3-4-9-26(17)18)23-14-10-19(28)27(13-14)15-6-5-7-16(11-15)29-2/h3-9,11,14H,10,12-13H2,1-2H3,(H2,21,22,23). The van der Waals surface area contributed by atoms with Gasteiger partial charge in [-0.05, 0) is 24.3 Å². The fourth-order valence-corrected chi connectivity index (χ4v) is 3.39. The highest BCUT2D eigenvalue weighted by Gasteiger charge is 2.31. The number of amides is 1. The van der Waals surface area contributed by atoms with Crippen LogP contribution in [0.5, 0.6) is 5.75 Å². The Bertz CT molecular complexity index is 1050. The minimum Gasteiger partial charge on any atom is -0.497 e. The van der Waals surface area contributed by atoms with Crippen molar-refractivity contribution >= 4 is 23.2 Å². The summed E-state index contributed by atoms with van der Waals surface area (Å²) in [5.74, 6) is 2.19. The highest BCUT2D eigenvalue weighted by molar-refractivity contribution is 5.97. The molecular formula is C20H23N7O2. The number of methoxy groups -OCH3 is 1. The molecule has 0 spiro atoms. The highest BCUT2D eigenvalue weighted by Crippen LogP contribution is 2.25. The van der Waals surface area contributed by atoms with Crippen molar-refractivity contribution in [1.82, 2.24) is 25.2 Å². The van der Waals surface area contributed by atoms with E-state index >= 15 is 0 Å². The number of nitrogens with one attached hydrogen (secondary N) is 2. The van der Waals surface area contributed by atoms with Gasteiger partial charge >= 0.3 is 0 Å². The Labute approximate surface area is 168 Å². The molecule has 1 aromatic carbocycles. The molecule has 1 saturated heterocycles. The van der Waals surface area contributed by atoms with Crippen molar-refractivity contribution < 1.29 is 9.53 Å². The number of guanidine groups is 1. The molecule has 9 heteroatoms. The number of rotatable bonds is 5. The van der Waals surface area contributed by atoms with Gasteiger partial charge in [0.15, 0.2) is 17.4 Å². The Hall–Kier alpha value is -3.62. The number of nitrogens with zero attached hydrogens (tertiary/aromatic N) is 5. The number of hydrogen-bond donors (Lipinski definition) is 2. The molecule has 9 nitrogen and oxygen atoms in total. The van der Waals surface area contributed by atoms with Crippen LogP contribution in [-0.4, -0.2) is 53.2 Å². The second kappa shape index (κ2) is 8.17. The van der Waals surface area contributed by atoms with Crippen LogP contribution in [0.15, 0.2) is 53.7 Å². The molecule has 1 fully saturated rings. The molecule has 3 heterocycles. The van der Waals surface area contributed by atoms with Crippen molar-refractivity contribution in [2.75, 3.05) is 25.6 Å². The minimum absolute atomic E-state index is 0.0463. The number of ether oxygens (including phenoxy) is 1. The Kier molecular flexibility index (Phi) is 5.28. The van der Waals surface area contributed by atoms with E-state index in [4.69, 9.17) is 4.74 Å². The molecule has 29 heavy (non-hydrogen) atoms. The lowest BCUT2D eigenvalue weighted by Gasteiger charge is -2.19. The molecule has 3 aromatic rings. The predicted molar refractivity (Wildman–Crippen MR) is 110 cm³/mol. The van der Waals surface area contributed by atoms with E-state index in [0.717, 1.165) is 22.9 Å². The van der Waals surface area contributed by atoms with E-state index in [-0.39, 0.29) is 11.9 Å². The van der Waals surface area contributed by atoms with Gasteiger partial charge in [-0.15, -0.1) is 10.2 Å². The van der Waals surface area contributed by atoms with Gasteiger partial charge in [-0.2, -0.15) is 0 Å². The number of hydrogen-bond acceptors (Lipinski definition) is 5. The van der Waals surface area contributed by atoms with Gasteiger partial charge in [0, 0.05) is 38.0 Å². The zero-order valence-corrected chi connectivity index (χ0v) is 16.4. The first-order valence-corrected chi connectivity index (χ1v) is 9.38. The Balaban J connectivity index is 1.38. The zero-order chi connectivity index (χ0) is 20.2. The van der Waals surface area contributed by atoms with Gasteiger partial charge in [-0.1, -0.05) is 12.1 Å². The maximum absolute atomic E-state index is 12.5. The number of fused-ring (bicyclic) bond motifs is 1. The lowest BCUT2D eigenvalue weighted by Crippen LogP contribution is -2.44. The predicted octanol–water partition coefficient (Wildman–Crippen LogP) is 1.21. The van der Waals surface area contributed by atoms with Gasteiger partial charge in [-0.3, -0.25) is 14.2 Å². The van der Waals surface area contributed by atoms with Crippen LogP contribution in [0.1, 0.15) is 12.2 Å². The molecular weight excluding hydrogens is 370 g/mol. The molecule has 2 N–H and O–H groups in total. The third kappa shape index (κ3) is 3.98. The molecule has 1 atom stereocenters. The smallest absolute Gasteiger partial charge is 0.229 e. The van der Waals surface area contributed by atoms with Crippen molar-refractivity contribution in [3.05, 3.63) is 54.5 Å². The Morgan fingerprint density at radius 3 is 3.00 bits per heavy atom. The maximum atomic E-state index is 12.5. The maximum Gasteiger partial charge on any atom is 0.229 e. The van der Waals surface area contributed by atoms with Crippen LogP contribution in [0.2, 0.25) is 0 Å². The summed E-state index contributed by atoms with van der Waals surface area (Å²) in [4.78, 5) is 18.5. The number of anilines is 1. The average Bonchev–Trinajstić information content (AvgIpc) is 3.34. The van der Waals surface area contributed by atoms with E-state index in [9.17, 15) is 4.79 Å². The van der Waals surface area contributed by atoms with E-state index in [1.807, 2.05) is 53.1 Å². The molecule has 4 rings (SSSR count). The first kappa shape index (κ1) is 18.7. The van der Waals surface area contributed by atoms with E-state index in [2.05, 4.69) is 25.8 Å². The van der Waals surface area contributed by atoms with Gasteiger partial charge in [0.1, 0.15) is 5.75 Å². The molecule has 150 valence electrons. The van der Waals surface area contributed by atoms with Crippen LogP contribution in [0.25, 0.3) is 5.65 Å². The monoisotopic (exact) mass is 393 g/mol. The Morgan fingerprint density at radius 1 is 1.28 bits per heavy atom. The van der Waals surface area contributed by atoms with E-state index in [0.29, 0.717) is 25.5 Å². The fourth-order valence-electron chi connectivity index (χ4n) is 3.39. The molecule has 0 aliphatic carbocycles. The summed E-state index contributed by atoms with van der Waals surface area (Å²) < 4.78 is 7.18. The summed E-state index contributed by atoms with van der Waals surface area (Å²) in [7, 11) is 3.32. The SMILES string of the molecule is CN=C(NCc1nnc2ccccn12)NC1CC(=O)N(c2cccc(OC)c2)C1. The van der Waals surface area contributed by atoms with Crippen LogP contribution in [-0.2, 0) is 11.3 Å². The lowest BCUT2D eigenvalue weighted by atomic mass is 10.2. The first-order chi connectivity index (χ1) is 14.2. The highest BCUT2D eigenvalue weighted by atomic mass is 16.5. The second-order valence-corrected chi connectivity index (χ2v) is 6.72. The summed E-state index contributed by atoms with van der Waals surface area (Å²) in [5.41, 5.74) is 1.62. The van der Waals surface area contributed by atoms with Crippen LogP contribution in [0, 0.1) is 0 Å². The van der Waals surface area contributed by atoms with Crippen molar-refractivity contribution in [3.8, 4) is 5.75 Å². The molecule has 1 aliphatic heterocycles. The minimum atomic E-state index is -0.0463. The second-order valence-electron chi connectivity index (χ2n) is 6.72. The normalized spacial score (nSPS) is 17.0. The number of aromatic nitrogens is 3. The molecule has 1 unspecified atom stereocenters. The summed E-state index contributed by atoms with van der Waals surface area (Å²) >= 11 is 0. The number of carbonyl (C=O) groups is 1. The molecule has 1 amide bonds. The number of pyridine rings is 1. The van der Waals surface area contributed by atoms with E-state index in [1.54, 1.807) is 19.1 Å². The molecule has 2 aromatic heterocycles. The van der Waals surface area contributed by atoms with Gasteiger partial charge in [0.2, 0.25) is 5.91 Å². The van der Waals surface area contributed by atoms with Crippen LogP contribution in [0.3, 0.4) is 0 Å². The van der Waals surface area contributed by atoms with Crippen molar-refractivity contribution in [2.45, 2.75) is 19.0 Å². The van der Waals surface area contributed by atoms with Gasteiger partial charge in [0.25, 0.3) is 0 Å². The largest absolute Gasteiger partial charge is 0.497 e. The fraction of sp³-hybridized carbons (Fsp3) is 0.300. The van der Waals surface area contributed by atoms with Crippen LogP contribution in [0.4, 0.5) is 5.69 Å². The van der Waals surface area contributed by atoms with E-state index < -0.39 is 0 Å². The number of aliphatic imine (C=N–C) groups is 1. The quantitative estimate of drug-likeness (QED) is 0.500. The van der Waals surface area contributed by atoms with Crippen molar-refractivity contribution in [3.63, 3.8) is 0 Å². The summed E-state index contributed by atoms with van der Waals surface area (Å²) in [6.07, 6.45) is 2.32. The van der Waals surface area contributed by atoms with Crippen LogP contribution >= 0.6 is 0 Å². The molecule has 0 saturated carbocycles. The summed E-state index contributed by atoms with van der Waals surface area (Å²) in [5, 5.41) is 14.9. The molecule has 0 radical (unpaired) electrons. The van der Waals surface area contributed by atoms with Crippen molar-refractivity contribution in [1.29, 1.82) is 0 Å². The number of benzene rings is 1. The van der Waals surface area contributed by atoms with Gasteiger partial charge in [0.05, 0.1) is 19.7 Å². The first-order valence-electron chi connectivity index (χ1n) is 9.38. The lowest BCUT2D eigenvalue weighted by molar-refractivity contribution is -0.117. The Morgan fingerprint density at radius 2 is 2.17 bits per heavy atom. The third-order valence-electron chi connectivity index (χ3n) is 4.85. The van der Waals surface area contributed by atoms with Gasteiger partial charge < -0.3 is 20.3 Å². The third-order valence-corrected chi connectivity index (χ3v) is 4.85. The molecule has 0 bridgehead atoms. The number of carbonyl (C=O) groups excluding carboxylic acids is 1. The van der Waals surface area contributed by atoms with Gasteiger partial charge in [-0.25, -0.2) is 0 Å². The van der Waals surface area contributed by atoms with Crippen LogP contribution < -0.4 is 20.3 Å². The average molecular weight is 393 g/mol. The van der Waals surface area contributed by atoms with E-state index in [1.165, 1.54) is 0 Å². The molecule has 1 aliphatic rings.